The second kappa shape index (κ2) is 12.6. The lowest BCUT2D eigenvalue weighted by Gasteiger charge is -2.20. The van der Waals surface area contributed by atoms with Crippen molar-refractivity contribution in [3.05, 3.63) is 146 Å². The van der Waals surface area contributed by atoms with Crippen molar-refractivity contribution in [1.82, 2.24) is 19.9 Å². The highest BCUT2D eigenvalue weighted by Crippen LogP contribution is 2.35. The molecule has 10 heteroatoms. The number of fused-ring (bicyclic) bond motifs is 8. The minimum Gasteiger partial charge on any atom is -0.355 e. The van der Waals surface area contributed by atoms with Gasteiger partial charge in [-0.05, 0) is 84.9 Å². The van der Waals surface area contributed by atoms with E-state index in [2.05, 4.69) is 208 Å². The number of aromatic amines is 4. The van der Waals surface area contributed by atoms with Gasteiger partial charge in [0.25, 0.3) is 0 Å². The summed E-state index contributed by atoms with van der Waals surface area (Å²) in [5.41, 5.74) is 8.48. The molecule has 2 aromatic carbocycles. The van der Waals surface area contributed by atoms with Crippen LogP contribution in [0.3, 0.4) is 0 Å². The Labute approximate surface area is 316 Å². The highest BCUT2D eigenvalue weighted by molar-refractivity contribution is 9.11. The van der Waals surface area contributed by atoms with Gasteiger partial charge in [0.2, 0.25) is 0 Å². The molecule has 0 saturated heterocycles. The van der Waals surface area contributed by atoms with E-state index < -0.39 is 16.1 Å². The number of aromatic nitrogens is 4. The standard InChI is InChI=1S/C38H36Br4N4Si2/c1-47(2,3)25-17-27(39)35(28(40)18-25)37-31-11-7-21(43-31)15-23-9-13-33(45-23)38(36-29(41)19-26(20-30(36)42)48(4,5)6)34-14-10-24(46-34)16-22-8-12-32(37)44-22/h7-20,43-46H,1-6H3. The van der Waals surface area contributed by atoms with E-state index in [-0.39, 0.29) is 0 Å². The summed E-state index contributed by atoms with van der Waals surface area (Å²) in [5.74, 6) is 0. The van der Waals surface area contributed by atoms with Crippen LogP contribution in [-0.4, -0.2) is 36.1 Å². The zero-order chi connectivity index (χ0) is 34.1. The molecule has 4 N–H and O–H groups in total. The zero-order valence-electron chi connectivity index (χ0n) is 27.6. The van der Waals surface area contributed by atoms with E-state index in [4.69, 9.17) is 0 Å². The van der Waals surface area contributed by atoms with Crippen LogP contribution in [0, 0.1) is 0 Å². The van der Waals surface area contributed by atoms with E-state index in [1.54, 1.807) is 0 Å². The molecule has 0 saturated carbocycles. The van der Waals surface area contributed by atoms with Gasteiger partial charge in [-0.1, -0.05) is 113 Å². The van der Waals surface area contributed by atoms with Crippen LogP contribution in [0.1, 0.15) is 33.9 Å². The minimum absolute atomic E-state index is 1.01. The summed E-state index contributed by atoms with van der Waals surface area (Å²) >= 11 is 15.9. The average Bonchev–Trinajstić information content (AvgIpc) is 3.81. The molecule has 4 nitrogen and oxygen atoms in total. The normalized spacial score (nSPS) is 13.5. The van der Waals surface area contributed by atoms with Gasteiger partial charge in [0.15, 0.2) is 0 Å². The second-order valence-electron chi connectivity index (χ2n) is 14.5. The van der Waals surface area contributed by atoms with Crippen molar-refractivity contribution in [2.45, 2.75) is 39.3 Å². The molecule has 0 spiro atoms. The molecule has 1 aliphatic heterocycles. The molecule has 7 rings (SSSR count). The van der Waals surface area contributed by atoms with Gasteiger partial charge in [0.05, 0.1) is 16.1 Å². The Kier molecular flexibility index (Phi) is 8.90. The van der Waals surface area contributed by atoms with E-state index >= 15 is 0 Å². The van der Waals surface area contributed by atoms with Crippen LogP contribution in [0.25, 0.3) is 23.3 Å². The van der Waals surface area contributed by atoms with Crippen molar-refractivity contribution in [2.75, 3.05) is 0 Å². The summed E-state index contributed by atoms with van der Waals surface area (Å²) in [6, 6.07) is 26.5. The third-order valence-corrected chi connectivity index (χ3v) is 15.4. The van der Waals surface area contributed by atoms with Crippen molar-refractivity contribution in [2.24, 2.45) is 0 Å². The molecular weight excluding hydrogens is 888 g/mol. The summed E-state index contributed by atoms with van der Waals surface area (Å²) in [4.78, 5) is 14.9. The SMILES string of the molecule is C[Si](C)(C)c1cc(Br)c(C2=c3ccc([nH]3)=Cc3ccc([nH]3)C(c3c(Br)cc([Si](C)(C)C)cc3Br)=c3ccc([nH]3)=Cc3ccc2[nH]3)c(Br)c1. The molecule has 1 aliphatic rings. The molecule has 0 fully saturated rings. The number of H-pyrrole nitrogens is 4. The molecule has 0 unspecified atom stereocenters. The lowest BCUT2D eigenvalue weighted by atomic mass is 10.0. The Bertz CT molecular complexity index is 2260. The summed E-state index contributed by atoms with van der Waals surface area (Å²) in [5, 5.41) is 6.87. The number of rotatable bonds is 4. The van der Waals surface area contributed by atoms with Gasteiger partial charge in [0.1, 0.15) is 0 Å². The molecule has 0 atom stereocenters. The van der Waals surface area contributed by atoms with E-state index in [0.29, 0.717) is 0 Å². The molecule has 0 amide bonds. The summed E-state index contributed by atoms with van der Waals surface area (Å²) in [7, 11) is -3.06. The van der Waals surface area contributed by atoms with Gasteiger partial charge in [-0.15, -0.1) is 0 Å². The average molecular weight is 925 g/mol. The first kappa shape index (κ1) is 33.9. The summed E-state index contributed by atoms with van der Waals surface area (Å²) < 4.78 is 4.28. The highest BCUT2D eigenvalue weighted by atomic mass is 79.9. The topological polar surface area (TPSA) is 63.2 Å². The molecule has 8 bridgehead atoms. The van der Waals surface area contributed by atoms with E-state index in [1.165, 1.54) is 10.4 Å². The molecule has 0 radical (unpaired) electrons. The molecule has 5 heterocycles. The Hall–Kier alpha value is -2.61. The maximum absolute atomic E-state index is 3.97. The van der Waals surface area contributed by atoms with Crippen molar-refractivity contribution in [1.29, 1.82) is 0 Å². The number of halogens is 4. The fraction of sp³-hybridized carbons (Fsp3) is 0.158. The van der Waals surface area contributed by atoms with E-state index in [1.807, 2.05) is 0 Å². The van der Waals surface area contributed by atoms with Gasteiger partial charge in [-0.3, -0.25) is 0 Å². The van der Waals surface area contributed by atoms with E-state index in [9.17, 15) is 0 Å². The van der Waals surface area contributed by atoms with Crippen LogP contribution in [0.4, 0.5) is 0 Å². The Balaban J connectivity index is 1.49. The van der Waals surface area contributed by atoms with Gasteiger partial charge >= 0.3 is 0 Å². The van der Waals surface area contributed by atoms with Gasteiger partial charge < -0.3 is 19.9 Å². The number of hydrogen-bond donors (Lipinski definition) is 4. The lowest BCUT2D eigenvalue weighted by molar-refractivity contribution is 1.20. The molecule has 48 heavy (non-hydrogen) atoms. The second-order valence-corrected chi connectivity index (χ2v) is 28.0. The fourth-order valence-electron chi connectivity index (χ4n) is 6.22. The van der Waals surface area contributed by atoms with Gasteiger partial charge in [0, 0.05) is 84.3 Å². The van der Waals surface area contributed by atoms with Crippen molar-refractivity contribution < 1.29 is 0 Å². The predicted molar refractivity (Wildman–Crippen MR) is 222 cm³/mol. The van der Waals surface area contributed by atoms with Crippen molar-refractivity contribution in [3.8, 4) is 0 Å². The quantitative estimate of drug-likeness (QED) is 0.132. The Morgan fingerprint density at radius 1 is 0.438 bits per heavy atom. The monoisotopic (exact) mass is 920 g/mol. The van der Waals surface area contributed by atoms with Crippen molar-refractivity contribution >= 4 is 114 Å². The lowest BCUT2D eigenvalue weighted by Crippen LogP contribution is -2.37. The molecular formula is C38H36Br4N4Si2. The zero-order valence-corrected chi connectivity index (χ0v) is 35.9. The number of benzene rings is 2. The Morgan fingerprint density at radius 2 is 0.792 bits per heavy atom. The van der Waals surface area contributed by atoms with E-state index in [0.717, 1.165) is 84.3 Å². The third kappa shape index (κ3) is 6.52. The number of nitrogens with one attached hydrogen (secondary N) is 4. The maximum Gasteiger partial charge on any atom is 0.0776 e. The van der Waals surface area contributed by atoms with Crippen molar-refractivity contribution in [3.63, 3.8) is 0 Å². The van der Waals surface area contributed by atoms with Crippen LogP contribution in [0.5, 0.6) is 0 Å². The first-order valence-electron chi connectivity index (χ1n) is 15.9. The number of hydrogen-bond acceptors (Lipinski definition) is 0. The van der Waals surface area contributed by atoms with Crippen LogP contribution in [0.2, 0.25) is 39.3 Å². The maximum atomic E-state index is 3.97. The fourth-order valence-corrected chi connectivity index (χ4v) is 12.5. The first-order chi connectivity index (χ1) is 22.7. The molecule has 4 aromatic heterocycles. The minimum atomic E-state index is -1.53. The molecule has 0 aliphatic carbocycles. The Morgan fingerprint density at radius 3 is 1.12 bits per heavy atom. The first-order valence-corrected chi connectivity index (χ1v) is 26.0. The van der Waals surface area contributed by atoms with Gasteiger partial charge in [-0.25, -0.2) is 0 Å². The molecule has 6 aromatic rings. The summed E-state index contributed by atoms with van der Waals surface area (Å²) in [6.07, 6.45) is 4.33. The summed E-state index contributed by atoms with van der Waals surface area (Å²) in [6.45, 7) is 14.3. The highest BCUT2D eigenvalue weighted by Gasteiger charge is 2.24. The third-order valence-electron chi connectivity index (χ3n) is 8.85. The van der Waals surface area contributed by atoms with Crippen LogP contribution < -0.4 is 31.8 Å². The van der Waals surface area contributed by atoms with Crippen LogP contribution in [-0.2, 0) is 0 Å². The largest absolute Gasteiger partial charge is 0.355 e. The van der Waals surface area contributed by atoms with Gasteiger partial charge in [-0.2, -0.15) is 0 Å². The van der Waals surface area contributed by atoms with Crippen LogP contribution >= 0.6 is 63.7 Å². The smallest absolute Gasteiger partial charge is 0.0776 e. The van der Waals surface area contributed by atoms with Crippen LogP contribution in [0.15, 0.2) is 90.7 Å². The predicted octanol–water partition coefficient (Wildman–Crippen LogP) is 7.61. The molecule has 244 valence electrons.